The number of furan rings is 1. The number of hydrogen-bond donors (Lipinski definition) is 1. The number of carbonyl (C=O) groups excluding carboxylic acids is 1. The van der Waals surface area contributed by atoms with Gasteiger partial charge in [0.05, 0.1) is 19.4 Å². The summed E-state index contributed by atoms with van der Waals surface area (Å²) in [5.74, 6) is 0.909. The van der Waals surface area contributed by atoms with E-state index in [1.54, 1.807) is 17.6 Å². The quantitative estimate of drug-likeness (QED) is 0.597. The third-order valence-corrected chi connectivity index (χ3v) is 5.34. The standard InChI is InChI=1S/C22H26N2O2S/c1-17-7-3-4-8-19(17)13-18(2)23-22(25)16-24(14-20-9-5-11-26-20)15-21-10-6-12-27-21/h3-12,18H,13-16H2,1-2H3,(H,23,25). The zero-order valence-corrected chi connectivity index (χ0v) is 16.7. The number of rotatable bonds is 9. The molecule has 3 rings (SSSR count). The summed E-state index contributed by atoms with van der Waals surface area (Å²) in [5, 5.41) is 5.20. The van der Waals surface area contributed by atoms with E-state index in [0.717, 1.165) is 18.7 Å². The molecule has 142 valence electrons. The molecule has 0 aliphatic rings. The van der Waals surface area contributed by atoms with Crippen molar-refractivity contribution in [3.63, 3.8) is 0 Å². The molecule has 1 atom stereocenters. The summed E-state index contributed by atoms with van der Waals surface area (Å²) in [5.41, 5.74) is 2.53. The van der Waals surface area contributed by atoms with Crippen molar-refractivity contribution in [2.24, 2.45) is 0 Å². The summed E-state index contributed by atoms with van der Waals surface area (Å²) < 4.78 is 5.47. The maximum atomic E-state index is 12.6. The number of thiophene rings is 1. The van der Waals surface area contributed by atoms with E-state index < -0.39 is 0 Å². The predicted molar refractivity (Wildman–Crippen MR) is 110 cm³/mol. The molecule has 1 aromatic carbocycles. The van der Waals surface area contributed by atoms with E-state index in [2.05, 4.69) is 47.6 Å². The van der Waals surface area contributed by atoms with Crippen LogP contribution in [0.4, 0.5) is 0 Å². The number of nitrogens with zero attached hydrogens (tertiary/aromatic N) is 1. The Morgan fingerprint density at radius 3 is 2.70 bits per heavy atom. The molecule has 1 N–H and O–H groups in total. The molecular formula is C22H26N2O2S. The van der Waals surface area contributed by atoms with Crippen molar-refractivity contribution in [3.8, 4) is 0 Å². The van der Waals surface area contributed by atoms with Crippen LogP contribution >= 0.6 is 11.3 Å². The largest absolute Gasteiger partial charge is 0.468 e. The molecule has 0 spiro atoms. The Morgan fingerprint density at radius 2 is 2.00 bits per heavy atom. The Balaban J connectivity index is 1.57. The second kappa shape index (κ2) is 9.53. The van der Waals surface area contributed by atoms with E-state index in [1.807, 2.05) is 30.3 Å². The van der Waals surface area contributed by atoms with Crippen LogP contribution in [0.3, 0.4) is 0 Å². The lowest BCUT2D eigenvalue weighted by Gasteiger charge is -2.22. The topological polar surface area (TPSA) is 45.5 Å². The highest BCUT2D eigenvalue weighted by atomic mass is 32.1. The SMILES string of the molecule is Cc1ccccc1CC(C)NC(=O)CN(Cc1ccco1)Cc1cccs1. The highest BCUT2D eigenvalue weighted by molar-refractivity contribution is 7.09. The van der Waals surface area contributed by atoms with Gasteiger partial charge < -0.3 is 9.73 Å². The van der Waals surface area contributed by atoms with Crippen LogP contribution in [0.1, 0.15) is 28.7 Å². The van der Waals surface area contributed by atoms with E-state index >= 15 is 0 Å². The molecule has 0 radical (unpaired) electrons. The molecule has 4 nitrogen and oxygen atoms in total. The Morgan fingerprint density at radius 1 is 1.15 bits per heavy atom. The van der Waals surface area contributed by atoms with Gasteiger partial charge in [0.15, 0.2) is 0 Å². The maximum absolute atomic E-state index is 12.6. The number of nitrogens with one attached hydrogen (secondary N) is 1. The van der Waals surface area contributed by atoms with Gasteiger partial charge in [-0.05, 0) is 55.0 Å². The fourth-order valence-electron chi connectivity index (χ4n) is 3.16. The molecule has 27 heavy (non-hydrogen) atoms. The van der Waals surface area contributed by atoms with Crippen LogP contribution in [0, 0.1) is 6.92 Å². The summed E-state index contributed by atoms with van der Waals surface area (Å²) >= 11 is 1.70. The third kappa shape index (κ3) is 6.08. The normalized spacial score (nSPS) is 12.3. The van der Waals surface area contributed by atoms with Crippen molar-refractivity contribution < 1.29 is 9.21 Å². The lowest BCUT2D eigenvalue weighted by atomic mass is 10.0. The molecule has 0 aliphatic heterocycles. The van der Waals surface area contributed by atoms with Crippen molar-refractivity contribution in [2.75, 3.05) is 6.54 Å². The summed E-state index contributed by atoms with van der Waals surface area (Å²) in [6.07, 6.45) is 2.50. The first-order valence-corrected chi connectivity index (χ1v) is 10.1. The maximum Gasteiger partial charge on any atom is 0.234 e. The average Bonchev–Trinajstić information content (AvgIpc) is 3.31. The number of aryl methyl sites for hydroxylation is 1. The van der Waals surface area contributed by atoms with Gasteiger partial charge in [-0.3, -0.25) is 9.69 Å². The lowest BCUT2D eigenvalue weighted by molar-refractivity contribution is -0.123. The predicted octanol–water partition coefficient (Wildman–Crippen LogP) is 4.40. The highest BCUT2D eigenvalue weighted by Crippen LogP contribution is 2.15. The minimum absolute atomic E-state index is 0.0409. The van der Waals surface area contributed by atoms with Crippen molar-refractivity contribution in [3.05, 3.63) is 81.9 Å². The zero-order chi connectivity index (χ0) is 19.1. The van der Waals surface area contributed by atoms with Gasteiger partial charge >= 0.3 is 0 Å². The van der Waals surface area contributed by atoms with Crippen molar-refractivity contribution in [2.45, 2.75) is 39.4 Å². The molecule has 0 saturated heterocycles. The van der Waals surface area contributed by atoms with Gasteiger partial charge in [-0.25, -0.2) is 0 Å². The lowest BCUT2D eigenvalue weighted by Crippen LogP contribution is -2.41. The van der Waals surface area contributed by atoms with Crippen LogP contribution < -0.4 is 5.32 Å². The van der Waals surface area contributed by atoms with E-state index in [4.69, 9.17) is 4.42 Å². The van der Waals surface area contributed by atoms with Gasteiger partial charge in [0, 0.05) is 17.5 Å². The first kappa shape index (κ1) is 19.4. The first-order valence-electron chi connectivity index (χ1n) is 9.21. The smallest absolute Gasteiger partial charge is 0.234 e. The monoisotopic (exact) mass is 382 g/mol. The van der Waals surface area contributed by atoms with E-state index in [0.29, 0.717) is 13.1 Å². The van der Waals surface area contributed by atoms with Crippen LogP contribution in [0.25, 0.3) is 0 Å². The molecule has 5 heteroatoms. The fourth-order valence-corrected chi connectivity index (χ4v) is 3.90. The molecule has 1 unspecified atom stereocenters. The van der Waals surface area contributed by atoms with Gasteiger partial charge in [0.1, 0.15) is 5.76 Å². The van der Waals surface area contributed by atoms with Crippen molar-refractivity contribution in [1.82, 2.24) is 10.2 Å². The Hall–Kier alpha value is -2.37. The molecule has 2 aromatic heterocycles. The Bertz CT molecular complexity index is 792. The molecule has 0 aliphatic carbocycles. The second-order valence-electron chi connectivity index (χ2n) is 6.90. The second-order valence-corrected chi connectivity index (χ2v) is 7.94. The Kier molecular flexibility index (Phi) is 6.85. The molecule has 0 bridgehead atoms. The Labute approximate surface area is 164 Å². The van der Waals surface area contributed by atoms with Crippen molar-refractivity contribution in [1.29, 1.82) is 0 Å². The fraction of sp³-hybridized carbons (Fsp3) is 0.318. The molecular weight excluding hydrogens is 356 g/mol. The van der Waals surface area contributed by atoms with E-state index in [1.165, 1.54) is 16.0 Å². The number of carbonyl (C=O) groups is 1. The third-order valence-electron chi connectivity index (χ3n) is 4.48. The average molecular weight is 383 g/mol. The molecule has 1 amide bonds. The molecule has 0 fully saturated rings. The van der Waals surface area contributed by atoms with Crippen LogP contribution in [0.2, 0.25) is 0 Å². The number of amides is 1. The van der Waals surface area contributed by atoms with Crippen LogP contribution in [0.15, 0.2) is 64.6 Å². The summed E-state index contributed by atoms with van der Waals surface area (Å²) in [4.78, 5) is 16.0. The van der Waals surface area contributed by atoms with Gasteiger partial charge in [0.25, 0.3) is 0 Å². The van der Waals surface area contributed by atoms with Gasteiger partial charge in [-0.2, -0.15) is 0 Å². The number of benzene rings is 1. The molecule has 2 heterocycles. The first-order chi connectivity index (χ1) is 13.1. The zero-order valence-electron chi connectivity index (χ0n) is 15.9. The van der Waals surface area contributed by atoms with Crippen LogP contribution in [0.5, 0.6) is 0 Å². The number of hydrogen-bond acceptors (Lipinski definition) is 4. The van der Waals surface area contributed by atoms with E-state index in [9.17, 15) is 4.79 Å². The van der Waals surface area contributed by atoms with Gasteiger partial charge in [-0.1, -0.05) is 30.3 Å². The van der Waals surface area contributed by atoms with Crippen LogP contribution in [-0.2, 0) is 24.3 Å². The van der Waals surface area contributed by atoms with Gasteiger partial charge in [0.2, 0.25) is 5.91 Å². The van der Waals surface area contributed by atoms with Crippen molar-refractivity contribution >= 4 is 17.2 Å². The van der Waals surface area contributed by atoms with Crippen LogP contribution in [-0.4, -0.2) is 23.4 Å². The summed E-state index contributed by atoms with van der Waals surface area (Å²) in [6.45, 7) is 5.86. The summed E-state index contributed by atoms with van der Waals surface area (Å²) in [7, 11) is 0. The van der Waals surface area contributed by atoms with E-state index in [-0.39, 0.29) is 11.9 Å². The highest BCUT2D eigenvalue weighted by Gasteiger charge is 2.16. The molecule has 0 saturated carbocycles. The minimum Gasteiger partial charge on any atom is -0.468 e. The summed E-state index contributed by atoms with van der Waals surface area (Å²) in [6, 6.07) is 16.4. The molecule has 3 aromatic rings. The minimum atomic E-state index is 0.0409. The van der Waals surface area contributed by atoms with Gasteiger partial charge in [-0.15, -0.1) is 11.3 Å².